The van der Waals surface area contributed by atoms with Gasteiger partial charge < -0.3 is 10.2 Å². The number of aromatic nitrogens is 2. The molecule has 3 fully saturated rings. The Balaban J connectivity index is 1.62. The van der Waals surface area contributed by atoms with Gasteiger partial charge in [0.25, 0.3) is 0 Å². The molecule has 0 unspecified atom stereocenters. The van der Waals surface area contributed by atoms with Crippen molar-refractivity contribution in [3.8, 4) is 0 Å². The highest BCUT2D eigenvalue weighted by atomic mass is 35.5. The van der Waals surface area contributed by atoms with Crippen molar-refractivity contribution in [1.29, 1.82) is 0 Å². The van der Waals surface area contributed by atoms with E-state index >= 15 is 4.39 Å². The lowest BCUT2D eigenvalue weighted by atomic mass is 9.43. The number of carbonyl (C=O) groups excluding carboxylic acids is 1. The number of hydrogen-bond donors (Lipinski definition) is 2. The summed E-state index contributed by atoms with van der Waals surface area (Å²) >= 11 is 5.88. The molecule has 7 heteroatoms. The summed E-state index contributed by atoms with van der Waals surface area (Å²) < 4.78 is 19.2. The largest absolute Gasteiger partial charge is 0.390 e. The molecular formula is C24H32ClFN2O3. The predicted octanol–water partition coefficient (Wildman–Crippen LogP) is 3.45. The molecule has 31 heavy (non-hydrogen) atoms. The second kappa shape index (κ2) is 6.42. The van der Waals surface area contributed by atoms with Crippen LogP contribution < -0.4 is 0 Å². The number of alkyl halides is 2. The van der Waals surface area contributed by atoms with Crippen molar-refractivity contribution in [3.63, 3.8) is 0 Å². The zero-order valence-electron chi connectivity index (χ0n) is 18.7. The molecule has 1 aromatic rings. The summed E-state index contributed by atoms with van der Waals surface area (Å²) in [6.45, 7) is 5.67. The topological polar surface area (TPSA) is 75.3 Å². The van der Waals surface area contributed by atoms with Crippen LogP contribution in [0.2, 0.25) is 0 Å². The van der Waals surface area contributed by atoms with Crippen LogP contribution in [0.4, 0.5) is 4.39 Å². The lowest BCUT2D eigenvalue weighted by molar-refractivity contribution is -0.225. The van der Waals surface area contributed by atoms with E-state index < -0.39 is 39.9 Å². The van der Waals surface area contributed by atoms with Gasteiger partial charge in [0.2, 0.25) is 0 Å². The van der Waals surface area contributed by atoms with E-state index in [0.29, 0.717) is 19.3 Å². The molecular weight excluding hydrogens is 419 g/mol. The first-order valence-electron chi connectivity index (χ1n) is 11.4. The quantitative estimate of drug-likeness (QED) is 0.677. The van der Waals surface area contributed by atoms with E-state index in [9.17, 15) is 15.0 Å². The third-order valence-corrected chi connectivity index (χ3v) is 10.1. The lowest BCUT2D eigenvalue weighted by Crippen LogP contribution is -2.70. The van der Waals surface area contributed by atoms with Gasteiger partial charge in [-0.2, -0.15) is 5.10 Å². The van der Waals surface area contributed by atoms with E-state index in [1.807, 2.05) is 32.5 Å². The molecule has 170 valence electrons. The molecule has 0 saturated heterocycles. The Morgan fingerprint density at radius 3 is 2.77 bits per heavy atom. The van der Waals surface area contributed by atoms with Crippen molar-refractivity contribution in [1.82, 2.24) is 9.78 Å². The number of halogens is 2. The minimum absolute atomic E-state index is 0.0525. The number of hydrogen-bond acceptors (Lipinski definition) is 4. The zero-order chi connectivity index (χ0) is 22.6. The Morgan fingerprint density at radius 2 is 2.10 bits per heavy atom. The summed E-state index contributed by atoms with van der Waals surface area (Å²) in [4.78, 5) is 12.8. The smallest absolute Gasteiger partial charge is 0.179 e. The Kier molecular flexibility index (Phi) is 4.47. The molecule has 1 aromatic heterocycles. The number of nitrogens with zero attached hydrogens (tertiary/aromatic N) is 2. The molecule has 0 spiro atoms. The number of rotatable bonds is 2. The van der Waals surface area contributed by atoms with E-state index in [1.165, 1.54) is 0 Å². The molecule has 0 amide bonds. The number of carbonyl (C=O) groups is 1. The summed E-state index contributed by atoms with van der Waals surface area (Å²) in [5.74, 6) is -1.64. The van der Waals surface area contributed by atoms with E-state index in [4.69, 9.17) is 11.6 Å². The zero-order valence-corrected chi connectivity index (χ0v) is 19.4. The van der Waals surface area contributed by atoms with Crippen LogP contribution in [-0.2, 0) is 18.3 Å². The Morgan fingerprint density at radius 1 is 1.39 bits per heavy atom. The fourth-order valence-electron chi connectivity index (χ4n) is 8.22. The number of ketones is 1. The fourth-order valence-corrected chi connectivity index (χ4v) is 8.42. The highest BCUT2D eigenvalue weighted by Crippen LogP contribution is 2.71. The number of aliphatic hydroxyl groups excluding tert-OH is 1. The van der Waals surface area contributed by atoms with Gasteiger partial charge in [-0.3, -0.25) is 9.48 Å². The van der Waals surface area contributed by atoms with E-state index in [2.05, 4.69) is 11.2 Å². The van der Waals surface area contributed by atoms with E-state index in [-0.39, 0.29) is 24.1 Å². The van der Waals surface area contributed by atoms with Crippen molar-refractivity contribution in [3.05, 3.63) is 23.0 Å². The highest BCUT2D eigenvalue weighted by molar-refractivity contribution is 6.29. The van der Waals surface area contributed by atoms with Gasteiger partial charge >= 0.3 is 0 Å². The Bertz CT molecular complexity index is 993. The standard InChI is InChI=1S/C24H32ClFN2O3/c1-13-7-17-16-6-5-15-8-18-14(12-27-28(18)4)9-21(15,2)23(16,26)19(29)10-22(17,3)24(13,31)20(30)11-25/h8,12-13,16-17,19,29,31H,5-7,9-11H2,1-4H3/t13-,16-,17-,19-,21-,22-,23-,24-/m0/s1. The van der Waals surface area contributed by atoms with Gasteiger partial charge in [0.15, 0.2) is 5.78 Å². The van der Waals surface area contributed by atoms with Gasteiger partial charge in [-0.25, -0.2) is 4.39 Å². The number of aliphatic hydroxyl groups is 2. The van der Waals surface area contributed by atoms with E-state index in [0.717, 1.165) is 23.3 Å². The monoisotopic (exact) mass is 450 g/mol. The van der Waals surface area contributed by atoms with Crippen LogP contribution >= 0.6 is 11.6 Å². The average molecular weight is 451 g/mol. The summed E-state index contributed by atoms with van der Waals surface area (Å²) in [5.41, 5.74) is -2.16. The SMILES string of the molecule is C[C@H]1C[C@H]2[C@@H]3CCC4=Cc5c(cnn5C)C[C@]4(C)[C@@]3(F)[C@@H](O)C[C@]2(C)[C@@]1(O)C(=O)CCl. The van der Waals surface area contributed by atoms with Crippen LogP contribution in [0.15, 0.2) is 11.8 Å². The lowest BCUT2D eigenvalue weighted by Gasteiger charge is -2.63. The third-order valence-electron chi connectivity index (χ3n) is 9.88. The van der Waals surface area contributed by atoms with Crippen molar-refractivity contribution in [2.75, 3.05) is 5.88 Å². The van der Waals surface area contributed by atoms with Gasteiger partial charge in [-0.05, 0) is 55.6 Å². The van der Waals surface area contributed by atoms with Gasteiger partial charge in [0.1, 0.15) is 11.3 Å². The molecule has 0 radical (unpaired) electrons. The van der Waals surface area contributed by atoms with Crippen LogP contribution in [0.3, 0.4) is 0 Å². The summed E-state index contributed by atoms with van der Waals surface area (Å²) in [7, 11) is 1.89. The van der Waals surface area contributed by atoms with Crippen LogP contribution in [0, 0.1) is 28.6 Å². The van der Waals surface area contributed by atoms with Crippen LogP contribution in [0.25, 0.3) is 6.08 Å². The number of fused-ring (bicyclic) bond motifs is 6. The van der Waals surface area contributed by atoms with Gasteiger partial charge in [0, 0.05) is 23.8 Å². The Labute approximate surface area is 187 Å². The molecule has 0 bridgehead atoms. The second-order valence-corrected chi connectivity index (χ2v) is 11.2. The van der Waals surface area contributed by atoms with Crippen LogP contribution in [-0.4, -0.2) is 49.0 Å². The van der Waals surface area contributed by atoms with Crippen molar-refractivity contribution in [2.45, 2.75) is 70.2 Å². The van der Waals surface area contributed by atoms with Crippen molar-refractivity contribution in [2.24, 2.45) is 35.6 Å². The van der Waals surface area contributed by atoms with Crippen molar-refractivity contribution < 1.29 is 19.4 Å². The molecule has 3 saturated carbocycles. The van der Waals surface area contributed by atoms with Gasteiger partial charge in [-0.1, -0.05) is 26.3 Å². The first-order valence-corrected chi connectivity index (χ1v) is 11.9. The molecule has 0 aliphatic heterocycles. The number of aryl methyl sites for hydroxylation is 1. The van der Waals surface area contributed by atoms with Crippen LogP contribution in [0.1, 0.15) is 57.7 Å². The first-order chi connectivity index (χ1) is 14.4. The molecule has 5 nitrogen and oxygen atoms in total. The third kappa shape index (κ3) is 2.29. The predicted molar refractivity (Wildman–Crippen MR) is 116 cm³/mol. The van der Waals surface area contributed by atoms with Crippen molar-refractivity contribution >= 4 is 23.5 Å². The summed E-state index contributed by atoms with van der Waals surface area (Å²) in [6, 6.07) is 0. The minimum atomic E-state index is -1.83. The maximum atomic E-state index is 17.4. The van der Waals surface area contributed by atoms with Gasteiger partial charge in [-0.15, -0.1) is 11.6 Å². The maximum Gasteiger partial charge on any atom is 0.179 e. The molecule has 8 atom stereocenters. The molecule has 4 aliphatic rings. The summed E-state index contributed by atoms with van der Waals surface area (Å²) in [5, 5.41) is 27.4. The fraction of sp³-hybridized carbons (Fsp3) is 0.750. The van der Waals surface area contributed by atoms with Crippen LogP contribution in [0.5, 0.6) is 0 Å². The normalized spacial score (nSPS) is 48.3. The Hall–Kier alpha value is -1.24. The minimum Gasteiger partial charge on any atom is -0.390 e. The highest BCUT2D eigenvalue weighted by Gasteiger charge is 2.75. The number of allylic oxidation sites excluding steroid dienone is 1. The maximum absolute atomic E-state index is 17.4. The van der Waals surface area contributed by atoms with Gasteiger partial charge in [0.05, 0.1) is 23.9 Å². The molecule has 1 heterocycles. The molecule has 4 aliphatic carbocycles. The molecule has 0 aromatic carbocycles. The van der Waals surface area contributed by atoms with E-state index in [1.54, 1.807) is 6.20 Å². The second-order valence-electron chi connectivity index (χ2n) is 11.0. The summed E-state index contributed by atoms with van der Waals surface area (Å²) in [6.07, 6.45) is 5.04. The number of Topliss-reactive ketones (excluding diaryl/α,β-unsaturated/α-hetero) is 1. The molecule has 5 rings (SSSR count). The molecule has 2 N–H and O–H groups in total. The first kappa shape index (κ1) is 21.6. The average Bonchev–Trinajstić information content (AvgIpc) is 3.17.